The largest absolute Gasteiger partial charge is 0.292 e. The minimum Gasteiger partial charge on any atom is -0.292 e. The first kappa shape index (κ1) is 13.5. The van der Waals surface area contributed by atoms with Crippen molar-refractivity contribution in [2.45, 2.75) is 40.7 Å². The van der Waals surface area contributed by atoms with Gasteiger partial charge in [0.25, 0.3) is 0 Å². The average Bonchev–Trinajstić information content (AvgIpc) is 2.70. The van der Waals surface area contributed by atoms with Crippen molar-refractivity contribution in [3.05, 3.63) is 52.3 Å². The topological polar surface area (TPSA) is 34.9 Å². The second-order valence-electron chi connectivity index (χ2n) is 5.21. The van der Waals surface area contributed by atoms with Crippen LogP contribution in [-0.2, 0) is 0 Å². The van der Waals surface area contributed by atoms with E-state index in [1.54, 1.807) is 4.68 Å². The Morgan fingerprint density at radius 3 is 2.32 bits per heavy atom. The molecule has 3 nitrogen and oxygen atoms in total. The highest BCUT2D eigenvalue weighted by Crippen LogP contribution is 2.18. The summed E-state index contributed by atoms with van der Waals surface area (Å²) in [6.45, 7) is 9.89. The number of ketones is 1. The van der Waals surface area contributed by atoms with Crippen molar-refractivity contribution in [2.75, 3.05) is 0 Å². The summed E-state index contributed by atoms with van der Waals surface area (Å²) in [7, 11) is 0. The Hall–Kier alpha value is -1.90. The molecule has 100 valence electrons. The first-order chi connectivity index (χ1) is 8.90. The summed E-state index contributed by atoms with van der Waals surface area (Å²) in [4.78, 5) is 12.5. The van der Waals surface area contributed by atoms with E-state index < -0.39 is 0 Å². The zero-order valence-corrected chi connectivity index (χ0v) is 12.2. The molecule has 2 aromatic rings. The van der Waals surface area contributed by atoms with E-state index in [-0.39, 0.29) is 11.8 Å². The highest BCUT2D eigenvalue weighted by atomic mass is 16.1. The van der Waals surface area contributed by atoms with E-state index >= 15 is 0 Å². The molecule has 0 bridgehead atoms. The Labute approximate surface area is 114 Å². The van der Waals surface area contributed by atoms with Crippen LogP contribution < -0.4 is 0 Å². The molecule has 1 aromatic heterocycles. The molecule has 0 N–H and O–H groups in total. The van der Waals surface area contributed by atoms with Crippen LogP contribution in [0.2, 0.25) is 0 Å². The lowest BCUT2D eigenvalue weighted by Gasteiger charge is -2.14. The second kappa shape index (κ2) is 5.00. The normalized spacial score (nSPS) is 12.5. The smallest absolute Gasteiger partial charge is 0.187 e. The predicted octanol–water partition coefficient (Wildman–Crippen LogP) is 3.56. The number of hydrogen-bond donors (Lipinski definition) is 0. The fraction of sp³-hybridized carbons (Fsp3) is 0.375. The first-order valence-corrected chi connectivity index (χ1v) is 6.54. The third kappa shape index (κ3) is 2.60. The van der Waals surface area contributed by atoms with Gasteiger partial charge in [-0.2, -0.15) is 5.10 Å². The molecule has 0 radical (unpaired) electrons. The lowest BCUT2D eigenvalue weighted by atomic mass is 10.0. The minimum absolute atomic E-state index is 0.106. The Balaban J connectivity index is 2.33. The zero-order valence-electron chi connectivity index (χ0n) is 12.2. The van der Waals surface area contributed by atoms with Gasteiger partial charge in [0.05, 0.1) is 5.69 Å². The van der Waals surface area contributed by atoms with Gasteiger partial charge in [-0.05, 0) is 57.9 Å². The summed E-state index contributed by atoms with van der Waals surface area (Å²) in [5.41, 5.74) is 5.06. The molecule has 3 heteroatoms. The van der Waals surface area contributed by atoms with Gasteiger partial charge in [-0.15, -0.1) is 0 Å². The number of rotatable bonds is 3. The monoisotopic (exact) mass is 256 g/mol. The molecule has 0 aliphatic rings. The molecule has 1 unspecified atom stereocenters. The van der Waals surface area contributed by atoms with E-state index in [2.05, 4.69) is 5.10 Å². The van der Waals surface area contributed by atoms with Gasteiger partial charge in [-0.3, -0.25) is 9.48 Å². The average molecular weight is 256 g/mol. The van der Waals surface area contributed by atoms with Gasteiger partial charge in [0, 0.05) is 11.3 Å². The molecule has 0 fully saturated rings. The quantitative estimate of drug-likeness (QED) is 0.787. The van der Waals surface area contributed by atoms with E-state index in [1.165, 1.54) is 5.56 Å². The molecule has 0 spiro atoms. The fourth-order valence-electron chi connectivity index (χ4n) is 2.29. The van der Waals surface area contributed by atoms with Crippen molar-refractivity contribution in [3.63, 3.8) is 0 Å². The van der Waals surface area contributed by atoms with Crippen molar-refractivity contribution in [3.8, 4) is 0 Å². The molecule has 1 aromatic carbocycles. The summed E-state index contributed by atoms with van der Waals surface area (Å²) in [6.07, 6.45) is 0. The van der Waals surface area contributed by atoms with Crippen LogP contribution in [0.3, 0.4) is 0 Å². The number of carbonyl (C=O) groups is 1. The van der Waals surface area contributed by atoms with E-state index in [0.29, 0.717) is 0 Å². The van der Waals surface area contributed by atoms with Crippen LogP contribution in [0, 0.1) is 27.7 Å². The molecular formula is C16H20N2O. The molecule has 0 saturated carbocycles. The summed E-state index contributed by atoms with van der Waals surface area (Å²) >= 11 is 0. The molecule has 0 aliphatic heterocycles. The first-order valence-electron chi connectivity index (χ1n) is 6.54. The fourth-order valence-corrected chi connectivity index (χ4v) is 2.29. The maximum absolute atomic E-state index is 12.5. The summed E-state index contributed by atoms with van der Waals surface area (Å²) in [5, 5.41) is 4.39. The molecule has 0 saturated heterocycles. The van der Waals surface area contributed by atoms with E-state index in [1.807, 2.05) is 58.9 Å². The van der Waals surface area contributed by atoms with Crippen molar-refractivity contribution >= 4 is 5.78 Å². The van der Waals surface area contributed by atoms with Gasteiger partial charge in [-0.1, -0.05) is 12.1 Å². The van der Waals surface area contributed by atoms with Crippen molar-refractivity contribution in [1.82, 2.24) is 9.78 Å². The van der Waals surface area contributed by atoms with Crippen LogP contribution in [-0.4, -0.2) is 15.6 Å². The summed E-state index contributed by atoms with van der Waals surface area (Å²) < 4.78 is 1.80. The molecule has 19 heavy (non-hydrogen) atoms. The van der Waals surface area contributed by atoms with Crippen LogP contribution in [0.15, 0.2) is 24.3 Å². The third-order valence-corrected chi connectivity index (χ3v) is 3.58. The Morgan fingerprint density at radius 2 is 1.79 bits per heavy atom. The van der Waals surface area contributed by atoms with Crippen molar-refractivity contribution < 1.29 is 4.79 Å². The second-order valence-corrected chi connectivity index (χ2v) is 5.21. The number of benzene rings is 1. The maximum Gasteiger partial charge on any atom is 0.187 e. The molecule has 2 rings (SSSR count). The van der Waals surface area contributed by atoms with Crippen LogP contribution in [0.4, 0.5) is 0 Å². The molecule has 1 atom stereocenters. The molecular weight excluding hydrogens is 236 g/mol. The van der Waals surface area contributed by atoms with Gasteiger partial charge < -0.3 is 0 Å². The number of aromatic nitrogens is 2. The highest BCUT2D eigenvalue weighted by Gasteiger charge is 2.19. The van der Waals surface area contributed by atoms with Gasteiger partial charge in [-0.25, -0.2) is 0 Å². The lowest BCUT2D eigenvalue weighted by Crippen LogP contribution is -2.19. The summed E-state index contributed by atoms with van der Waals surface area (Å²) in [5.74, 6) is 0.106. The third-order valence-electron chi connectivity index (χ3n) is 3.58. The number of nitrogens with zero attached hydrogens (tertiary/aromatic N) is 2. The zero-order chi connectivity index (χ0) is 14.2. The Kier molecular flexibility index (Phi) is 3.56. The SMILES string of the molecule is Cc1cc(C)n(C(C)C(=O)c2ccc(C)c(C)c2)n1. The molecule has 0 aliphatic carbocycles. The standard InChI is InChI=1S/C16H20N2O/c1-10-6-7-15(8-11(10)2)16(19)14(5)18-13(4)9-12(3)17-18/h6-9,14H,1-5H3. The maximum atomic E-state index is 12.5. The van der Waals surface area contributed by atoms with Crippen LogP contribution in [0.25, 0.3) is 0 Å². The number of hydrogen-bond acceptors (Lipinski definition) is 2. The van der Waals surface area contributed by atoms with Gasteiger partial charge in [0.15, 0.2) is 5.78 Å². The summed E-state index contributed by atoms with van der Waals surface area (Å²) in [6, 6.07) is 7.57. The van der Waals surface area contributed by atoms with E-state index in [0.717, 1.165) is 22.5 Å². The predicted molar refractivity (Wildman–Crippen MR) is 76.7 cm³/mol. The Morgan fingerprint density at radius 1 is 1.11 bits per heavy atom. The lowest BCUT2D eigenvalue weighted by molar-refractivity contribution is 0.0926. The van der Waals surface area contributed by atoms with Crippen LogP contribution in [0.1, 0.15) is 45.8 Å². The van der Waals surface area contributed by atoms with Crippen molar-refractivity contribution in [1.29, 1.82) is 0 Å². The van der Waals surface area contributed by atoms with Crippen LogP contribution >= 0.6 is 0 Å². The number of carbonyl (C=O) groups excluding carboxylic acids is 1. The number of aryl methyl sites for hydroxylation is 4. The molecule has 1 heterocycles. The van der Waals surface area contributed by atoms with Gasteiger partial charge in [0.2, 0.25) is 0 Å². The van der Waals surface area contributed by atoms with Crippen LogP contribution in [0.5, 0.6) is 0 Å². The molecule has 0 amide bonds. The number of Topliss-reactive ketones (excluding diaryl/α,β-unsaturated/α-hetero) is 1. The van der Waals surface area contributed by atoms with E-state index in [4.69, 9.17) is 0 Å². The van der Waals surface area contributed by atoms with E-state index in [9.17, 15) is 4.79 Å². The van der Waals surface area contributed by atoms with Gasteiger partial charge in [0.1, 0.15) is 6.04 Å². The highest BCUT2D eigenvalue weighted by molar-refractivity contribution is 5.99. The van der Waals surface area contributed by atoms with Crippen molar-refractivity contribution in [2.24, 2.45) is 0 Å². The Bertz CT molecular complexity index is 626. The minimum atomic E-state index is -0.268. The van der Waals surface area contributed by atoms with Gasteiger partial charge >= 0.3 is 0 Å².